The van der Waals surface area contributed by atoms with Gasteiger partial charge < -0.3 is 9.97 Å². The Balaban J connectivity index is 0.00000492. The van der Waals surface area contributed by atoms with Crippen LogP contribution < -0.4 is 9.97 Å². The van der Waals surface area contributed by atoms with Crippen LogP contribution in [0.15, 0.2) is 194 Å². The van der Waals surface area contributed by atoms with Crippen molar-refractivity contribution in [3.63, 3.8) is 0 Å². The summed E-state index contributed by atoms with van der Waals surface area (Å²) in [5.74, 6) is -1.57. The second-order valence-corrected chi connectivity index (χ2v) is 16.9. The molecule has 13 rings (SSSR count). The maximum absolute atomic E-state index is 14.9. The molecule has 4 heterocycles. The smallest absolute Gasteiger partial charge is 0.656 e. The Bertz CT molecular complexity index is 3530. The minimum Gasteiger partial charge on any atom is -0.656 e. The summed E-state index contributed by atoms with van der Waals surface area (Å²) in [5.41, 5.74) is 13.4. The number of aromatic nitrogens is 4. The monoisotopic (exact) mass is 990 g/mol. The SMILES string of the molecule is Fc1ccc(-c2c3nc(c(-c4ccc(F)cc4)c4[n-]c(c(-c5ccc(F)cc5)c5nc(c(-c6ccc(F)cc6)c6[n-]c2c2ccccc62)-c2ccccc2-5)c2ccccc42)-c2ccccc2-3)cc1.[Pd+2]. The van der Waals surface area contributed by atoms with Crippen molar-refractivity contribution in [2.45, 2.75) is 0 Å². The third-order valence-corrected chi connectivity index (χ3v) is 13.1. The number of halogens is 4. The first kappa shape index (κ1) is 42.2. The summed E-state index contributed by atoms with van der Waals surface area (Å²) in [6.45, 7) is 0. The molecule has 0 spiro atoms. The second kappa shape index (κ2) is 16.5. The average Bonchev–Trinajstić information content (AvgIpc) is 4.14. The van der Waals surface area contributed by atoms with Crippen LogP contribution in [0.3, 0.4) is 0 Å². The molecule has 0 saturated heterocycles. The maximum atomic E-state index is 14.9. The van der Waals surface area contributed by atoms with Crippen molar-refractivity contribution in [2.75, 3.05) is 0 Å². The molecule has 2 aromatic heterocycles. The Kier molecular flexibility index (Phi) is 10.1. The molecule has 0 saturated carbocycles. The van der Waals surface area contributed by atoms with Crippen LogP contribution in [0, 0.1) is 23.3 Å². The quantitative estimate of drug-likeness (QED) is 0.130. The predicted octanol–water partition coefficient (Wildman–Crippen LogP) is 15.8. The van der Waals surface area contributed by atoms with Crippen molar-refractivity contribution < 1.29 is 38.0 Å². The van der Waals surface area contributed by atoms with Gasteiger partial charge in [-0.05, 0) is 115 Å². The molecule has 330 valence electrons. The zero-order valence-electron chi connectivity index (χ0n) is 36.1. The van der Waals surface area contributed by atoms with E-state index < -0.39 is 23.3 Å². The fourth-order valence-corrected chi connectivity index (χ4v) is 10.0. The van der Waals surface area contributed by atoms with Gasteiger partial charge in [-0.1, -0.05) is 146 Å². The van der Waals surface area contributed by atoms with Gasteiger partial charge in [-0.15, -0.1) is 22.1 Å². The van der Waals surface area contributed by atoms with Crippen LogP contribution >= 0.6 is 0 Å². The molecule has 10 aromatic rings. The van der Waals surface area contributed by atoms with Gasteiger partial charge in [0.25, 0.3) is 0 Å². The van der Waals surface area contributed by atoms with Gasteiger partial charge in [-0.3, -0.25) is 0 Å². The Hall–Kier alpha value is -8.22. The first-order valence-corrected chi connectivity index (χ1v) is 22.1. The number of rotatable bonds is 4. The molecular formula is C60H32F4N4Pd. The average molecular weight is 991 g/mol. The normalized spacial score (nSPS) is 11.7. The Morgan fingerprint density at radius 2 is 0.464 bits per heavy atom. The summed E-state index contributed by atoms with van der Waals surface area (Å²) < 4.78 is 59.8. The first-order valence-electron chi connectivity index (χ1n) is 22.1. The van der Waals surface area contributed by atoms with Gasteiger partial charge in [-0.25, -0.2) is 27.5 Å². The van der Waals surface area contributed by atoms with E-state index in [9.17, 15) is 17.6 Å². The van der Waals surface area contributed by atoms with E-state index in [0.29, 0.717) is 89.4 Å². The number of hydrogen-bond donors (Lipinski definition) is 0. The Morgan fingerprint density at radius 3 is 0.681 bits per heavy atom. The first-order chi connectivity index (χ1) is 33.4. The second-order valence-electron chi connectivity index (χ2n) is 16.9. The molecule has 3 aliphatic rings. The molecule has 0 radical (unpaired) electrons. The summed E-state index contributed by atoms with van der Waals surface area (Å²) in [6, 6.07) is 57.3. The van der Waals surface area contributed by atoms with Crippen molar-refractivity contribution in [2.24, 2.45) is 0 Å². The molecule has 0 fully saturated rings. The van der Waals surface area contributed by atoms with Crippen molar-refractivity contribution in [3.8, 4) is 89.5 Å². The Labute approximate surface area is 406 Å². The van der Waals surface area contributed by atoms with Gasteiger partial charge in [0.2, 0.25) is 0 Å². The summed E-state index contributed by atoms with van der Waals surface area (Å²) >= 11 is 0. The van der Waals surface area contributed by atoms with Crippen molar-refractivity contribution in [1.29, 1.82) is 0 Å². The molecule has 0 atom stereocenters. The predicted molar refractivity (Wildman–Crippen MR) is 264 cm³/mol. The van der Waals surface area contributed by atoms with Gasteiger partial charge in [0.05, 0.1) is 22.8 Å². The minimum atomic E-state index is -0.393. The molecule has 4 nitrogen and oxygen atoms in total. The van der Waals surface area contributed by atoms with E-state index in [1.807, 2.05) is 97.1 Å². The molecule has 9 heteroatoms. The van der Waals surface area contributed by atoms with Crippen molar-refractivity contribution in [1.82, 2.24) is 19.9 Å². The molecular weight excluding hydrogens is 959 g/mol. The Morgan fingerprint density at radius 1 is 0.261 bits per heavy atom. The molecule has 69 heavy (non-hydrogen) atoms. The molecule has 0 amide bonds. The van der Waals surface area contributed by atoms with E-state index in [1.165, 1.54) is 48.5 Å². The van der Waals surface area contributed by atoms with E-state index in [1.54, 1.807) is 48.5 Å². The molecule has 8 bridgehead atoms. The zero-order chi connectivity index (χ0) is 45.6. The fourth-order valence-electron chi connectivity index (χ4n) is 10.0. The van der Waals surface area contributed by atoms with Crippen LogP contribution in [0.2, 0.25) is 0 Å². The molecule has 1 aliphatic carbocycles. The van der Waals surface area contributed by atoms with E-state index in [4.69, 9.17) is 19.9 Å². The number of hydrogen-bond acceptors (Lipinski definition) is 2. The van der Waals surface area contributed by atoms with Crippen LogP contribution in [0.25, 0.3) is 133 Å². The molecule has 0 unspecified atom stereocenters. The van der Waals surface area contributed by atoms with E-state index in [-0.39, 0.29) is 20.4 Å². The topological polar surface area (TPSA) is 54.0 Å². The third-order valence-electron chi connectivity index (χ3n) is 13.1. The van der Waals surface area contributed by atoms with E-state index in [2.05, 4.69) is 0 Å². The van der Waals surface area contributed by atoms with Gasteiger partial charge >= 0.3 is 20.4 Å². The third kappa shape index (κ3) is 6.76. The standard InChI is InChI=1S/C60H32F4N4.Pd/c61-37-25-17-33(18-26-37)49-53-41-9-1-2-10-42(41)54(65-53)50(34-19-27-38(62)28-20-34)56-45-13-5-6-14-46(45)58(67-56)52(36-23-31-40(64)32-24-36)60-48-16-8-7-15-47(48)59(68-60)51(35-21-29-39(63)30-22-35)57-44-12-4-3-11-43(44)55(49)66-57;/h1-32H;/q-2;+2. The van der Waals surface area contributed by atoms with Crippen LogP contribution in [0.4, 0.5) is 17.6 Å². The van der Waals surface area contributed by atoms with Crippen molar-refractivity contribution >= 4 is 43.6 Å². The summed E-state index contributed by atoms with van der Waals surface area (Å²) in [6.07, 6.45) is 0. The molecule has 2 aliphatic heterocycles. The van der Waals surface area contributed by atoms with Crippen LogP contribution in [-0.2, 0) is 20.4 Å². The minimum absolute atomic E-state index is 0. The summed E-state index contributed by atoms with van der Waals surface area (Å²) in [5, 5.41) is 3.24. The van der Waals surface area contributed by atoms with Gasteiger partial charge in [-0.2, -0.15) is 0 Å². The van der Waals surface area contributed by atoms with Gasteiger partial charge in [0.15, 0.2) is 0 Å². The number of nitrogens with zero attached hydrogens (tertiary/aromatic N) is 4. The maximum Gasteiger partial charge on any atom is 2.00 e. The van der Waals surface area contributed by atoms with Crippen LogP contribution in [0.1, 0.15) is 0 Å². The van der Waals surface area contributed by atoms with Gasteiger partial charge in [0, 0.05) is 22.3 Å². The zero-order valence-corrected chi connectivity index (χ0v) is 37.6. The van der Waals surface area contributed by atoms with Gasteiger partial charge in [0.1, 0.15) is 23.3 Å². The van der Waals surface area contributed by atoms with E-state index >= 15 is 0 Å². The molecule has 0 N–H and O–H groups in total. The number of benzene rings is 8. The largest absolute Gasteiger partial charge is 2.00 e. The summed E-state index contributed by atoms with van der Waals surface area (Å²) in [7, 11) is 0. The van der Waals surface area contributed by atoms with Crippen LogP contribution in [0.5, 0.6) is 0 Å². The van der Waals surface area contributed by atoms with E-state index in [0.717, 1.165) is 43.8 Å². The molecule has 8 aromatic carbocycles. The van der Waals surface area contributed by atoms with Crippen molar-refractivity contribution in [3.05, 3.63) is 217 Å². The van der Waals surface area contributed by atoms with Crippen LogP contribution in [-0.4, -0.2) is 9.97 Å². The summed E-state index contributed by atoms with van der Waals surface area (Å²) in [4.78, 5) is 22.6. The fraction of sp³-hybridized carbons (Fsp3) is 0.